The number of rotatable bonds is 2. The number of aliphatic hydroxyl groups excluding tert-OH is 1. The van der Waals surface area contributed by atoms with Crippen molar-refractivity contribution in [2.75, 3.05) is 6.61 Å². The van der Waals surface area contributed by atoms with Crippen molar-refractivity contribution in [1.82, 2.24) is 14.5 Å². The summed E-state index contributed by atoms with van der Waals surface area (Å²) < 4.78 is 1.87. The summed E-state index contributed by atoms with van der Waals surface area (Å²) in [4.78, 5) is 8.38. The molecular formula is C9H11N3O. The lowest BCUT2D eigenvalue weighted by atomic mass is 10.3. The van der Waals surface area contributed by atoms with E-state index >= 15 is 0 Å². The molecule has 0 saturated carbocycles. The first-order valence-electron chi connectivity index (χ1n) is 4.21. The van der Waals surface area contributed by atoms with Gasteiger partial charge in [0.25, 0.3) is 0 Å². The number of imidazole rings is 1. The average molecular weight is 177 g/mol. The highest BCUT2D eigenvalue weighted by Gasteiger charge is 2.07. The Morgan fingerprint density at radius 1 is 1.54 bits per heavy atom. The van der Waals surface area contributed by atoms with E-state index in [0.29, 0.717) is 0 Å². The summed E-state index contributed by atoms with van der Waals surface area (Å²) in [6, 6.07) is 3.78. The Morgan fingerprint density at radius 3 is 3.15 bits per heavy atom. The second-order valence-corrected chi connectivity index (χ2v) is 3.03. The van der Waals surface area contributed by atoms with E-state index in [2.05, 4.69) is 9.97 Å². The van der Waals surface area contributed by atoms with Crippen LogP contribution in [0.4, 0.5) is 0 Å². The van der Waals surface area contributed by atoms with Gasteiger partial charge in [0.05, 0.1) is 19.0 Å². The molecule has 0 spiro atoms. The molecule has 0 aliphatic rings. The fourth-order valence-corrected chi connectivity index (χ4v) is 1.28. The summed E-state index contributed by atoms with van der Waals surface area (Å²) in [7, 11) is 0. The van der Waals surface area contributed by atoms with Gasteiger partial charge in [-0.05, 0) is 19.1 Å². The largest absolute Gasteiger partial charge is 0.394 e. The molecule has 13 heavy (non-hydrogen) atoms. The van der Waals surface area contributed by atoms with Crippen molar-refractivity contribution in [2.45, 2.75) is 13.0 Å². The van der Waals surface area contributed by atoms with Crippen molar-refractivity contribution in [3.8, 4) is 0 Å². The van der Waals surface area contributed by atoms with Gasteiger partial charge in [0.15, 0.2) is 5.65 Å². The van der Waals surface area contributed by atoms with Crippen LogP contribution in [0.15, 0.2) is 24.7 Å². The minimum atomic E-state index is 0.0277. The van der Waals surface area contributed by atoms with Crippen LogP contribution >= 0.6 is 0 Å². The Bertz CT molecular complexity index is 410. The summed E-state index contributed by atoms with van der Waals surface area (Å²) >= 11 is 0. The molecule has 1 atom stereocenters. The highest BCUT2D eigenvalue weighted by molar-refractivity contribution is 5.70. The van der Waals surface area contributed by atoms with Crippen LogP contribution in [-0.4, -0.2) is 26.2 Å². The van der Waals surface area contributed by atoms with Gasteiger partial charge >= 0.3 is 0 Å². The number of hydrogen-bond donors (Lipinski definition) is 1. The van der Waals surface area contributed by atoms with E-state index in [1.807, 2.05) is 23.6 Å². The highest BCUT2D eigenvalue weighted by atomic mass is 16.3. The van der Waals surface area contributed by atoms with Crippen molar-refractivity contribution in [3.63, 3.8) is 0 Å². The minimum Gasteiger partial charge on any atom is -0.394 e. The van der Waals surface area contributed by atoms with Crippen molar-refractivity contribution in [3.05, 3.63) is 24.7 Å². The van der Waals surface area contributed by atoms with Crippen LogP contribution in [-0.2, 0) is 0 Å². The topological polar surface area (TPSA) is 50.9 Å². The quantitative estimate of drug-likeness (QED) is 0.744. The van der Waals surface area contributed by atoms with Gasteiger partial charge in [-0.25, -0.2) is 9.97 Å². The molecule has 2 aromatic heterocycles. The van der Waals surface area contributed by atoms with E-state index in [0.717, 1.165) is 11.2 Å². The Morgan fingerprint density at radius 2 is 2.38 bits per heavy atom. The number of aromatic nitrogens is 3. The monoisotopic (exact) mass is 177 g/mol. The molecular weight excluding hydrogens is 166 g/mol. The lowest BCUT2D eigenvalue weighted by Gasteiger charge is -2.09. The van der Waals surface area contributed by atoms with Gasteiger partial charge in [0.1, 0.15) is 5.52 Å². The van der Waals surface area contributed by atoms with Crippen LogP contribution in [0, 0.1) is 0 Å². The number of aliphatic hydroxyl groups is 1. The molecule has 0 aliphatic carbocycles. The van der Waals surface area contributed by atoms with E-state index in [1.54, 1.807) is 12.5 Å². The van der Waals surface area contributed by atoms with Crippen molar-refractivity contribution >= 4 is 11.2 Å². The normalized spacial score (nSPS) is 13.4. The fraction of sp³-hybridized carbons (Fsp3) is 0.333. The maximum absolute atomic E-state index is 8.99. The van der Waals surface area contributed by atoms with E-state index in [1.165, 1.54) is 0 Å². The first-order chi connectivity index (χ1) is 6.33. The molecule has 4 heteroatoms. The molecule has 2 rings (SSSR count). The maximum atomic E-state index is 8.99. The first kappa shape index (κ1) is 8.19. The fourth-order valence-electron chi connectivity index (χ4n) is 1.28. The molecule has 2 heterocycles. The van der Waals surface area contributed by atoms with Gasteiger partial charge in [0, 0.05) is 6.20 Å². The Balaban J connectivity index is 2.57. The SMILES string of the molecule is C[C@@H](CO)n1cnc2cccnc21. The lowest BCUT2D eigenvalue weighted by molar-refractivity contribution is 0.241. The molecule has 0 aliphatic heterocycles. The molecule has 0 aromatic carbocycles. The van der Waals surface area contributed by atoms with Crippen molar-refractivity contribution in [1.29, 1.82) is 0 Å². The summed E-state index contributed by atoms with van der Waals surface area (Å²) in [6.45, 7) is 2.03. The summed E-state index contributed by atoms with van der Waals surface area (Å²) in [5.41, 5.74) is 1.69. The molecule has 1 N–H and O–H groups in total. The summed E-state index contributed by atoms with van der Waals surface area (Å²) in [6.07, 6.45) is 3.43. The first-order valence-corrected chi connectivity index (χ1v) is 4.21. The second-order valence-electron chi connectivity index (χ2n) is 3.03. The third kappa shape index (κ3) is 1.29. The van der Waals surface area contributed by atoms with E-state index in [4.69, 9.17) is 5.11 Å². The predicted octanol–water partition coefficient (Wildman–Crippen LogP) is 0.985. The minimum absolute atomic E-state index is 0.0277. The number of fused-ring (bicyclic) bond motifs is 1. The molecule has 0 fully saturated rings. The molecule has 0 saturated heterocycles. The van der Waals surface area contributed by atoms with Crippen molar-refractivity contribution < 1.29 is 5.11 Å². The van der Waals surface area contributed by atoms with Crippen molar-refractivity contribution in [2.24, 2.45) is 0 Å². The van der Waals surface area contributed by atoms with Crippen LogP contribution in [0.5, 0.6) is 0 Å². The molecule has 68 valence electrons. The van der Waals surface area contributed by atoms with Gasteiger partial charge in [0.2, 0.25) is 0 Å². The zero-order valence-corrected chi connectivity index (χ0v) is 7.38. The van der Waals surface area contributed by atoms with Gasteiger partial charge < -0.3 is 9.67 Å². The van der Waals surface area contributed by atoms with Crippen LogP contribution < -0.4 is 0 Å². The van der Waals surface area contributed by atoms with Crippen LogP contribution in [0.25, 0.3) is 11.2 Å². The van der Waals surface area contributed by atoms with Crippen LogP contribution in [0.2, 0.25) is 0 Å². The molecule has 0 unspecified atom stereocenters. The van der Waals surface area contributed by atoms with Gasteiger partial charge in [-0.2, -0.15) is 0 Å². The summed E-state index contributed by atoms with van der Waals surface area (Å²) in [5, 5.41) is 8.99. The van der Waals surface area contributed by atoms with Gasteiger partial charge in [-0.3, -0.25) is 0 Å². The standard InChI is InChI=1S/C9H11N3O/c1-7(5-13)12-6-11-8-3-2-4-10-9(8)12/h2-4,6-7,13H,5H2,1H3/t7-/m0/s1. The second kappa shape index (κ2) is 3.14. The predicted molar refractivity (Wildman–Crippen MR) is 49.3 cm³/mol. The molecule has 0 radical (unpaired) electrons. The smallest absolute Gasteiger partial charge is 0.160 e. The third-order valence-corrected chi connectivity index (χ3v) is 2.07. The Hall–Kier alpha value is -1.42. The summed E-state index contributed by atoms with van der Waals surface area (Å²) in [5.74, 6) is 0. The van der Waals surface area contributed by atoms with Gasteiger partial charge in [-0.1, -0.05) is 0 Å². The van der Waals surface area contributed by atoms with E-state index in [9.17, 15) is 0 Å². The number of hydrogen-bond acceptors (Lipinski definition) is 3. The molecule has 0 bridgehead atoms. The third-order valence-electron chi connectivity index (χ3n) is 2.07. The van der Waals surface area contributed by atoms with E-state index in [-0.39, 0.29) is 12.6 Å². The molecule has 4 nitrogen and oxygen atoms in total. The van der Waals surface area contributed by atoms with Gasteiger partial charge in [-0.15, -0.1) is 0 Å². The van der Waals surface area contributed by atoms with Crippen LogP contribution in [0.1, 0.15) is 13.0 Å². The maximum Gasteiger partial charge on any atom is 0.160 e. The lowest BCUT2D eigenvalue weighted by Crippen LogP contribution is -2.08. The Kier molecular flexibility index (Phi) is 1.98. The van der Waals surface area contributed by atoms with Crippen LogP contribution in [0.3, 0.4) is 0 Å². The number of nitrogens with zero attached hydrogens (tertiary/aromatic N) is 3. The molecule has 2 aromatic rings. The number of pyridine rings is 1. The zero-order valence-electron chi connectivity index (χ0n) is 7.38. The molecule has 0 amide bonds. The Labute approximate surface area is 75.9 Å². The zero-order chi connectivity index (χ0) is 9.26. The average Bonchev–Trinajstić information content (AvgIpc) is 2.60. The van der Waals surface area contributed by atoms with E-state index < -0.39 is 0 Å². The highest BCUT2D eigenvalue weighted by Crippen LogP contribution is 2.13.